The molecule has 0 heterocycles. The number of non-ortho nitro benzene ring substituents is 1. The van der Waals surface area contributed by atoms with E-state index in [9.17, 15) is 23.7 Å². The third-order valence-corrected chi connectivity index (χ3v) is 2.89. The van der Waals surface area contributed by atoms with Gasteiger partial charge in [-0.3, -0.25) is 14.9 Å². The highest BCUT2D eigenvalue weighted by atomic mass is 19.3. The van der Waals surface area contributed by atoms with Crippen LogP contribution in [-0.4, -0.2) is 17.4 Å². The predicted octanol–water partition coefficient (Wildman–Crippen LogP) is 3.85. The van der Waals surface area contributed by atoms with Gasteiger partial charge in [0, 0.05) is 18.2 Å². The average molecular weight is 334 g/mol. The number of nitro benzene ring substituents is 1. The number of amides is 1. The summed E-state index contributed by atoms with van der Waals surface area (Å²) < 4.78 is 28.9. The van der Waals surface area contributed by atoms with E-state index in [2.05, 4.69) is 10.1 Å². The lowest BCUT2D eigenvalue weighted by molar-refractivity contribution is -0.384. The van der Waals surface area contributed by atoms with Crippen LogP contribution in [0.15, 0.2) is 54.6 Å². The van der Waals surface area contributed by atoms with Crippen molar-refractivity contribution in [2.45, 2.75) is 6.61 Å². The molecule has 0 spiro atoms. The van der Waals surface area contributed by atoms with Crippen molar-refractivity contribution >= 4 is 23.4 Å². The van der Waals surface area contributed by atoms with Crippen LogP contribution in [0.3, 0.4) is 0 Å². The van der Waals surface area contributed by atoms with Crippen LogP contribution in [0.4, 0.5) is 20.2 Å². The van der Waals surface area contributed by atoms with Gasteiger partial charge < -0.3 is 10.1 Å². The Kier molecular flexibility index (Phi) is 5.56. The molecule has 0 unspecified atom stereocenters. The van der Waals surface area contributed by atoms with Crippen molar-refractivity contribution in [3.05, 3.63) is 70.3 Å². The third kappa shape index (κ3) is 4.87. The Balaban J connectivity index is 2.04. The predicted molar refractivity (Wildman–Crippen MR) is 83.8 cm³/mol. The third-order valence-electron chi connectivity index (χ3n) is 2.89. The molecule has 6 nitrogen and oxygen atoms in total. The van der Waals surface area contributed by atoms with E-state index >= 15 is 0 Å². The topological polar surface area (TPSA) is 81.5 Å². The summed E-state index contributed by atoms with van der Waals surface area (Å²) in [6, 6.07) is 11.4. The Morgan fingerprint density at radius 1 is 1.17 bits per heavy atom. The number of hydrogen-bond acceptors (Lipinski definition) is 4. The van der Waals surface area contributed by atoms with Crippen LogP contribution in [0, 0.1) is 10.1 Å². The van der Waals surface area contributed by atoms with Gasteiger partial charge in [-0.05, 0) is 35.9 Å². The van der Waals surface area contributed by atoms with Gasteiger partial charge in [-0.2, -0.15) is 8.78 Å². The van der Waals surface area contributed by atoms with Gasteiger partial charge in [0.15, 0.2) is 0 Å². The smallest absolute Gasteiger partial charge is 0.387 e. The van der Waals surface area contributed by atoms with Crippen molar-refractivity contribution in [1.82, 2.24) is 0 Å². The molecule has 1 N–H and O–H groups in total. The first-order valence-electron chi connectivity index (χ1n) is 6.73. The second kappa shape index (κ2) is 7.82. The van der Waals surface area contributed by atoms with E-state index in [0.717, 1.165) is 0 Å². The highest BCUT2D eigenvalue weighted by Gasteiger charge is 2.10. The summed E-state index contributed by atoms with van der Waals surface area (Å²) in [4.78, 5) is 21.9. The minimum atomic E-state index is -3.00. The largest absolute Gasteiger partial charge is 0.433 e. The molecule has 0 aliphatic heterocycles. The maximum Gasteiger partial charge on any atom is 0.387 e. The van der Waals surface area contributed by atoms with Crippen LogP contribution in [0.5, 0.6) is 5.75 Å². The standard InChI is InChI=1S/C16H12F2N2O4/c17-16(18)24-14-4-2-1-3-13(14)19-15(21)10-7-11-5-8-12(9-6-11)20(22)23/h1-10,16H,(H,19,21)/b10-7+. The van der Waals surface area contributed by atoms with Gasteiger partial charge in [-0.25, -0.2) is 0 Å². The van der Waals surface area contributed by atoms with Gasteiger partial charge in [-0.15, -0.1) is 0 Å². The quantitative estimate of drug-likeness (QED) is 0.494. The number of carbonyl (C=O) groups excluding carboxylic acids is 1. The van der Waals surface area contributed by atoms with E-state index in [0.29, 0.717) is 5.56 Å². The number of para-hydroxylation sites is 2. The lowest BCUT2D eigenvalue weighted by atomic mass is 10.2. The molecule has 0 saturated carbocycles. The van der Waals surface area contributed by atoms with Crippen LogP contribution in [0.25, 0.3) is 6.08 Å². The van der Waals surface area contributed by atoms with Crippen LogP contribution in [-0.2, 0) is 4.79 Å². The number of nitrogens with one attached hydrogen (secondary N) is 1. The fourth-order valence-electron chi connectivity index (χ4n) is 1.82. The average Bonchev–Trinajstić information content (AvgIpc) is 2.54. The molecule has 2 aromatic rings. The summed E-state index contributed by atoms with van der Waals surface area (Å²) in [7, 11) is 0. The monoisotopic (exact) mass is 334 g/mol. The van der Waals surface area contributed by atoms with Crippen LogP contribution in [0.2, 0.25) is 0 Å². The van der Waals surface area contributed by atoms with Crippen molar-refractivity contribution in [2.75, 3.05) is 5.32 Å². The highest BCUT2D eigenvalue weighted by molar-refractivity contribution is 6.02. The fourth-order valence-corrected chi connectivity index (χ4v) is 1.82. The summed E-state index contributed by atoms with van der Waals surface area (Å²) in [5, 5.41) is 13.0. The first-order valence-corrected chi connectivity index (χ1v) is 6.73. The molecular formula is C16H12F2N2O4. The molecule has 0 saturated heterocycles. The highest BCUT2D eigenvalue weighted by Crippen LogP contribution is 2.25. The van der Waals surface area contributed by atoms with Gasteiger partial charge in [0.1, 0.15) is 5.75 Å². The van der Waals surface area contributed by atoms with Gasteiger partial charge in [0.25, 0.3) is 5.69 Å². The first kappa shape index (κ1) is 17.1. The maximum atomic E-state index is 12.3. The van der Waals surface area contributed by atoms with Crippen molar-refractivity contribution < 1.29 is 23.2 Å². The minimum absolute atomic E-state index is 0.0605. The van der Waals surface area contributed by atoms with Gasteiger partial charge in [-0.1, -0.05) is 12.1 Å². The normalized spacial score (nSPS) is 10.8. The Bertz CT molecular complexity index is 761. The number of nitrogens with zero attached hydrogens (tertiary/aromatic N) is 1. The summed E-state index contributed by atoms with van der Waals surface area (Å²) in [6.07, 6.45) is 2.62. The molecule has 2 aromatic carbocycles. The number of anilines is 1. The molecule has 124 valence electrons. The summed E-state index contributed by atoms with van der Waals surface area (Å²) in [6.45, 7) is -3.00. The zero-order valence-corrected chi connectivity index (χ0v) is 12.2. The van der Waals surface area contributed by atoms with Crippen LogP contribution < -0.4 is 10.1 Å². The number of hydrogen-bond donors (Lipinski definition) is 1. The number of nitro groups is 1. The van der Waals surface area contributed by atoms with E-state index in [1.807, 2.05) is 0 Å². The molecule has 0 bridgehead atoms. The lowest BCUT2D eigenvalue weighted by Crippen LogP contribution is -2.11. The van der Waals surface area contributed by atoms with E-state index in [4.69, 9.17) is 0 Å². The molecule has 1 amide bonds. The van der Waals surface area contributed by atoms with Crippen LogP contribution in [0.1, 0.15) is 5.56 Å². The molecule has 0 radical (unpaired) electrons. The molecule has 0 aliphatic carbocycles. The van der Waals surface area contributed by atoms with Gasteiger partial charge >= 0.3 is 6.61 Å². The number of benzene rings is 2. The van der Waals surface area contributed by atoms with Gasteiger partial charge in [0.2, 0.25) is 5.91 Å². The molecule has 0 fully saturated rings. The molecule has 8 heteroatoms. The molecule has 2 rings (SSSR count). The zero-order chi connectivity index (χ0) is 17.5. The van der Waals surface area contributed by atoms with E-state index < -0.39 is 17.4 Å². The number of rotatable bonds is 6. The molecule has 0 atom stereocenters. The summed E-state index contributed by atoms with van der Waals surface area (Å²) >= 11 is 0. The van der Waals surface area contributed by atoms with Crippen molar-refractivity contribution in [3.63, 3.8) is 0 Å². The second-order valence-corrected chi connectivity index (χ2v) is 4.55. The fraction of sp³-hybridized carbons (Fsp3) is 0.0625. The number of carbonyl (C=O) groups is 1. The minimum Gasteiger partial charge on any atom is -0.433 e. The van der Waals surface area contributed by atoms with Gasteiger partial charge in [0.05, 0.1) is 10.6 Å². The maximum absolute atomic E-state index is 12.3. The zero-order valence-electron chi connectivity index (χ0n) is 12.2. The Morgan fingerprint density at radius 3 is 2.46 bits per heavy atom. The first-order chi connectivity index (χ1) is 11.5. The van der Waals surface area contributed by atoms with Crippen molar-refractivity contribution in [2.24, 2.45) is 0 Å². The summed E-state index contributed by atoms with van der Waals surface area (Å²) in [5.74, 6) is -0.705. The number of ether oxygens (including phenoxy) is 1. The molecule has 0 aromatic heterocycles. The van der Waals surface area contributed by atoms with Crippen molar-refractivity contribution in [1.29, 1.82) is 0 Å². The van der Waals surface area contributed by atoms with E-state index in [1.165, 1.54) is 54.6 Å². The van der Waals surface area contributed by atoms with Crippen molar-refractivity contribution in [3.8, 4) is 5.75 Å². The SMILES string of the molecule is O=C(/C=C/c1ccc([N+](=O)[O-])cc1)Nc1ccccc1OC(F)F. The Labute approximate surface area is 135 Å². The van der Waals surface area contributed by atoms with E-state index in [-0.39, 0.29) is 17.1 Å². The Hall–Kier alpha value is -3.29. The number of halogens is 2. The number of alkyl halides is 2. The molecule has 24 heavy (non-hydrogen) atoms. The molecular weight excluding hydrogens is 322 g/mol. The summed E-state index contributed by atoms with van der Waals surface area (Å²) in [5.41, 5.74) is 0.624. The van der Waals surface area contributed by atoms with Crippen LogP contribution >= 0.6 is 0 Å². The van der Waals surface area contributed by atoms with E-state index in [1.54, 1.807) is 6.07 Å². The lowest BCUT2D eigenvalue weighted by Gasteiger charge is -2.10. The Morgan fingerprint density at radius 2 is 1.83 bits per heavy atom. The second-order valence-electron chi connectivity index (χ2n) is 4.55. The molecule has 0 aliphatic rings.